The summed E-state index contributed by atoms with van der Waals surface area (Å²) in [4.78, 5) is 13.9. The van der Waals surface area contributed by atoms with Crippen LogP contribution in [0.1, 0.15) is 62.1 Å². The van der Waals surface area contributed by atoms with Crippen LogP contribution < -0.4 is 0 Å². The van der Waals surface area contributed by atoms with Crippen molar-refractivity contribution < 1.29 is 14.6 Å². The average molecular weight is 349 g/mol. The van der Waals surface area contributed by atoms with E-state index >= 15 is 0 Å². The van der Waals surface area contributed by atoms with Crippen molar-refractivity contribution in [1.29, 1.82) is 0 Å². The maximum absolute atomic E-state index is 11.5. The highest BCUT2D eigenvalue weighted by Gasteiger charge is 2.31. The molecule has 1 aromatic rings. The summed E-state index contributed by atoms with van der Waals surface area (Å²) in [6, 6.07) is 0. The first kappa shape index (κ1) is 18.4. The molecule has 1 aliphatic carbocycles. The van der Waals surface area contributed by atoms with E-state index in [-0.39, 0.29) is 5.92 Å². The number of aliphatic hydroxyl groups is 1. The number of esters is 1. The van der Waals surface area contributed by atoms with Crippen LogP contribution in [0.25, 0.3) is 0 Å². The molecular weight excluding hydrogens is 318 g/mol. The number of aliphatic hydroxyl groups excluding tert-OH is 1. The SMILES string of the molecule is COC(=O)[C@H](O)C1CCN(Cc2cn(C)nc2C2CCCCC2)CC1. The zero-order valence-electron chi connectivity index (χ0n) is 15.5. The number of methoxy groups -OCH3 is 1. The fourth-order valence-electron chi connectivity index (χ4n) is 4.38. The van der Waals surface area contributed by atoms with E-state index in [1.165, 1.54) is 50.5 Å². The molecule has 2 aliphatic rings. The number of likely N-dealkylation sites (tertiary alicyclic amines) is 1. The molecule has 0 aromatic carbocycles. The maximum atomic E-state index is 11.5. The van der Waals surface area contributed by atoms with Gasteiger partial charge in [0.1, 0.15) is 0 Å². The van der Waals surface area contributed by atoms with Crippen molar-refractivity contribution in [2.75, 3.05) is 20.2 Å². The van der Waals surface area contributed by atoms with Crippen molar-refractivity contribution in [2.45, 2.75) is 63.5 Å². The summed E-state index contributed by atoms with van der Waals surface area (Å²) in [5, 5.41) is 14.8. The highest BCUT2D eigenvalue weighted by Crippen LogP contribution is 2.34. The number of aromatic nitrogens is 2. The number of hydrogen-bond donors (Lipinski definition) is 1. The van der Waals surface area contributed by atoms with Crippen molar-refractivity contribution in [3.63, 3.8) is 0 Å². The minimum atomic E-state index is -0.983. The molecule has 6 heteroatoms. The van der Waals surface area contributed by atoms with Gasteiger partial charge in [-0.1, -0.05) is 19.3 Å². The van der Waals surface area contributed by atoms with Crippen LogP contribution >= 0.6 is 0 Å². The Morgan fingerprint density at radius 1 is 1.28 bits per heavy atom. The first-order valence-electron chi connectivity index (χ1n) is 9.59. The van der Waals surface area contributed by atoms with Crippen LogP contribution in [0.4, 0.5) is 0 Å². The van der Waals surface area contributed by atoms with E-state index < -0.39 is 12.1 Å². The molecule has 2 fully saturated rings. The largest absolute Gasteiger partial charge is 0.467 e. The predicted octanol–water partition coefficient (Wildman–Crippen LogP) is 2.21. The number of carbonyl (C=O) groups is 1. The van der Waals surface area contributed by atoms with Gasteiger partial charge in [0.2, 0.25) is 0 Å². The summed E-state index contributed by atoms with van der Waals surface area (Å²) in [6.07, 6.45) is 9.35. The van der Waals surface area contributed by atoms with Crippen molar-refractivity contribution in [3.05, 3.63) is 17.5 Å². The van der Waals surface area contributed by atoms with E-state index in [4.69, 9.17) is 5.10 Å². The fourth-order valence-corrected chi connectivity index (χ4v) is 4.38. The number of ether oxygens (including phenoxy) is 1. The van der Waals surface area contributed by atoms with Crippen LogP contribution in [-0.4, -0.2) is 52.1 Å². The van der Waals surface area contributed by atoms with Gasteiger partial charge >= 0.3 is 5.97 Å². The lowest BCUT2D eigenvalue weighted by molar-refractivity contribution is -0.154. The van der Waals surface area contributed by atoms with Crippen LogP contribution in [0.3, 0.4) is 0 Å². The molecule has 0 unspecified atom stereocenters. The van der Waals surface area contributed by atoms with Gasteiger partial charge in [-0.15, -0.1) is 0 Å². The Kier molecular flexibility index (Phi) is 6.12. The van der Waals surface area contributed by atoms with Crippen LogP contribution in [0.5, 0.6) is 0 Å². The topological polar surface area (TPSA) is 67.6 Å². The molecule has 0 bridgehead atoms. The van der Waals surface area contributed by atoms with E-state index in [2.05, 4.69) is 15.8 Å². The minimum absolute atomic E-state index is 0.00964. The van der Waals surface area contributed by atoms with Crippen LogP contribution in [-0.2, 0) is 23.1 Å². The van der Waals surface area contributed by atoms with Gasteiger partial charge in [-0.25, -0.2) is 4.79 Å². The van der Waals surface area contributed by atoms with Crippen molar-refractivity contribution >= 4 is 5.97 Å². The molecule has 3 rings (SSSR count). The number of piperidine rings is 1. The Hall–Kier alpha value is -1.40. The third-order valence-electron chi connectivity index (χ3n) is 5.84. The summed E-state index contributed by atoms with van der Waals surface area (Å²) < 4.78 is 6.61. The van der Waals surface area contributed by atoms with E-state index in [1.807, 2.05) is 11.7 Å². The summed E-state index contributed by atoms with van der Waals surface area (Å²) in [5.41, 5.74) is 2.64. The molecule has 1 saturated heterocycles. The molecule has 0 radical (unpaired) electrons. The van der Waals surface area contributed by atoms with Crippen molar-refractivity contribution in [2.24, 2.45) is 13.0 Å². The molecule has 6 nitrogen and oxygen atoms in total. The van der Waals surface area contributed by atoms with E-state index in [1.54, 1.807) is 0 Å². The van der Waals surface area contributed by atoms with E-state index in [9.17, 15) is 9.90 Å². The first-order valence-corrected chi connectivity index (χ1v) is 9.59. The molecule has 0 spiro atoms. The zero-order valence-corrected chi connectivity index (χ0v) is 15.5. The first-order chi connectivity index (χ1) is 12.1. The highest BCUT2D eigenvalue weighted by molar-refractivity contribution is 5.74. The fraction of sp³-hybridized carbons (Fsp3) is 0.789. The third kappa shape index (κ3) is 4.42. The van der Waals surface area contributed by atoms with Gasteiger partial charge in [-0.2, -0.15) is 5.10 Å². The summed E-state index contributed by atoms with van der Waals surface area (Å²) in [7, 11) is 3.34. The van der Waals surface area contributed by atoms with Gasteiger partial charge in [0.15, 0.2) is 6.10 Å². The predicted molar refractivity (Wildman–Crippen MR) is 95.1 cm³/mol. The maximum Gasteiger partial charge on any atom is 0.334 e. The molecule has 2 heterocycles. The Balaban J connectivity index is 1.58. The van der Waals surface area contributed by atoms with Crippen molar-refractivity contribution in [1.82, 2.24) is 14.7 Å². The van der Waals surface area contributed by atoms with Crippen molar-refractivity contribution in [3.8, 4) is 0 Å². The Labute approximate surface area is 150 Å². The molecular formula is C19H31N3O3. The molecule has 1 atom stereocenters. The molecule has 25 heavy (non-hydrogen) atoms. The van der Waals surface area contributed by atoms with Crippen LogP contribution in [0, 0.1) is 5.92 Å². The van der Waals surface area contributed by atoms with E-state index in [0.717, 1.165) is 32.5 Å². The lowest BCUT2D eigenvalue weighted by Gasteiger charge is -2.33. The van der Waals surface area contributed by atoms with Gasteiger partial charge in [-0.05, 0) is 44.7 Å². The normalized spacial score (nSPS) is 22.0. The number of hydrogen-bond acceptors (Lipinski definition) is 5. The Bertz CT molecular complexity index is 572. The van der Waals surface area contributed by atoms with Gasteiger partial charge in [0.25, 0.3) is 0 Å². The summed E-state index contributed by atoms with van der Waals surface area (Å²) in [5.74, 6) is 0.115. The number of aryl methyl sites for hydroxylation is 1. The summed E-state index contributed by atoms with van der Waals surface area (Å²) >= 11 is 0. The molecule has 1 aliphatic heterocycles. The van der Waals surface area contributed by atoms with Crippen LogP contribution in [0.2, 0.25) is 0 Å². The number of carbonyl (C=O) groups excluding carboxylic acids is 1. The smallest absolute Gasteiger partial charge is 0.334 e. The Morgan fingerprint density at radius 2 is 1.96 bits per heavy atom. The van der Waals surface area contributed by atoms with Gasteiger partial charge in [-0.3, -0.25) is 9.58 Å². The molecule has 0 amide bonds. The van der Waals surface area contributed by atoms with E-state index in [0.29, 0.717) is 5.92 Å². The molecule has 1 saturated carbocycles. The second-order valence-corrected chi connectivity index (χ2v) is 7.63. The average Bonchev–Trinajstić information content (AvgIpc) is 3.02. The van der Waals surface area contributed by atoms with Gasteiger partial charge < -0.3 is 9.84 Å². The standard InChI is InChI=1S/C19H31N3O3/c1-21-12-16(17(20-21)14-6-4-3-5-7-14)13-22-10-8-15(9-11-22)18(23)19(24)25-2/h12,14-15,18,23H,3-11,13H2,1-2H3/t18-/m1/s1. The van der Waals surface area contributed by atoms with Gasteiger partial charge in [0.05, 0.1) is 12.8 Å². The highest BCUT2D eigenvalue weighted by atomic mass is 16.5. The minimum Gasteiger partial charge on any atom is -0.467 e. The number of rotatable bonds is 5. The second kappa shape index (κ2) is 8.32. The zero-order chi connectivity index (χ0) is 17.8. The molecule has 140 valence electrons. The molecule has 1 N–H and O–H groups in total. The van der Waals surface area contributed by atoms with Gasteiger partial charge in [0, 0.05) is 31.3 Å². The summed E-state index contributed by atoms with van der Waals surface area (Å²) in [6.45, 7) is 2.72. The van der Waals surface area contributed by atoms with Crippen LogP contribution in [0.15, 0.2) is 6.20 Å². The Morgan fingerprint density at radius 3 is 2.60 bits per heavy atom. The lowest BCUT2D eigenvalue weighted by Crippen LogP contribution is -2.40. The third-order valence-corrected chi connectivity index (χ3v) is 5.84. The molecule has 1 aromatic heterocycles. The lowest BCUT2D eigenvalue weighted by atomic mass is 9.85. The monoisotopic (exact) mass is 349 g/mol. The quantitative estimate of drug-likeness (QED) is 0.826. The number of nitrogens with zero attached hydrogens (tertiary/aromatic N) is 3. The second-order valence-electron chi connectivity index (χ2n) is 7.63.